The summed E-state index contributed by atoms with van der Waals surface area (Å²) in [7, 11) is 0. The van der Waals surface area contributed by atoms with Crippen molar-refractivity contribution in [1.82, 2.24) is 69.5 Å². The highest BCUT2D eigenvalue weighted by Gasteiger charge is 2.52. The molecule has 9 unspecified atom stereocenters. The van der Waals surface area contributed by atoms with Gasteiger partial charge < -0.3 is 14.7 Å². The molecule has 0 N–H and O–H groups in total. The number of hydrogen-bond acceptors (Lipinski definition) is 15. The molecular formula is C68H57F11N14O3S. The monoisotopic (exact) mass is 1360 g/mol. The second-order valence-corrected chi connectivity index (χ2v) is 25.6. The van der Waals surface area contributed by atoms with Crippen LogP contribution in [0.5, 0.6) is 0 Å². The van der Waals surface area contributed by atoms with E-state index in [1.165, 1.54) is 49.1 Å². The second kappa shape index (κ2) is 27.1. The first-order valence-electron chi connectivity index (χ1n) is 31.3. The molecular weight excluding hydrogens is 1300 g/mol. The first-order valence-corrected chi connectivity index (χ1v) is 32.2. The molecule has 6 aliphatic heterocycles. The predicted molar refractivity (Wildman–Crippen MR) is 328 cm³/mol. The Balaban J connectivity index is 0.000000131. The molecule has 9 aromatic rings. The minimum absolute atomic E-state index is 0.00682. The molecule has 0 aliphatic carbocycles. The number of thiazole rings is 1. The van der Waals surface area contributed by atoms with Crippen LogP contribution in [0, 0.1) is 29.4 Å². The van der Waals surface area contributed by atoms with E-state index in [1.807, 2.05) is 23.1 Å². The Morgan fingerprint density at radius 1 is 0.433 bits per heavy atom. The molecule has 6 aliphatic rings. The number of carbonyl (C=O) groups excluding carboxylic acids is 3. The van der Waals surface area contributed by atoms with Gasteiger partial charge in [-0.3, -0.25) is 14.4 Å². The number of fused-ring (bicyclic) bond motifs is 6. The van der Waals surface area contributed by atoms with Crippen LogP contribution in [0.25, 0.3) is 34.2 Å². The van der Waals surface area contributed by atoms with E-state index < -0.39 is 52.9 Å². The number of amides is 3. The average molecular weight is 1360 g/mol. The second-order valence-electron chi connectivity index (χ2n) is 24.6. The Hall–Kier alpha value is -9.67. The van der Waals surface area contributed by atoms with Gasteiger partial charge in [-0.25, -0.2) is 63.6 Å². The molecule has 9 atom stereocenters. The lowest BCUT2D eigenvalue weighted by Gasteiger charge is -2.25. The lowest BCUT2D eigenvalue weighted by Crippen LogP contribution is -2.37. The van der Waals surface area contributed by atoms with Crippen LogP contribution < -0.4 is 0 Å². The molecule has 15 rings (SSSR count). The van der Waals surface area contributed by atoms with Crippen LogP contribution in [0.1, 0.15) is 122 Å². The van der Waals surface area contributed by atoms with Crippen molar-refractivity contribution in [3.05, 3.63) is 208 Å². The third kappa shape index (κ3) is 13.7. The van der Waals surface area contributed by atoms with Gasteiger partial charge in [0.15, 0.2) is 23.2 Å². The van der Waals surface area contributed by atoms with Crippen molar-refractivity contribution in [2.75, 3.05) is 0 Å². The summed E-state index contributed by atoms with van der Waals surface area (Å²) < 4.78 is 145. The number of hydrogen-bond donors (Lipinski definition) is 0. The lowest BCUT2D eigenvalue weighted by atomic mass is 9.86. The van der Waals surface area contributed by atoms with Gasteiger partial charge in [-0.05, 0) is 118 Å². The summed E-state index contributed by atoms with van der Waals surface area (Å²) in [6, 6.07) is 20.8. The number of benzene rings is 3. The quantitative estimate of drug-likeness (QED) is 0.104. The van der Waals surface area contributed by atoms with Gasteiger partial charge in [0, 0.05) is 134 Å². The highest BCUT2D eigenvalue weighted by molar-refractivity contribution is 7.09. The summed E-state index contributed by atoms with van der Waals surface area (Å²) in [6.07, 6.45) is 7.42. The topological polar surface area (TPSA) is 203 Å². The maximum Gasteiger partial charge on any atom is 0.434 e. The number of halogens is 11. The molecule has 3 aromatic carbocycles. The minimum atomic E-state index is -4.49. The number of aromatic nitrogens is 11. The highest BCUT2D eigenvalue weighted by atomic mass is 32.1. The van der Waals surface area contributed by atoms with E-state index in [4.69, 9.17) is 0 Å². The third-order valence-corrected chi connectivity index (χ3v) is 19.8. The van der Waals surface area contributed by atoms with Gasteiger partial charge in [0.2, 0.25) is 0 Å². The van der Waals surface area contributed by atoms with E-state index in [1.54, 1.807) is 58.6 Å². The van der Waals surface area contributed by atoms with Gasteiger partial charge in [-0.2, -0.15) is 39.5 Å². The number of rotatable bonds is 12. The average Bonchev–Trinajstić information content (AvgIpc) is 1.63. The Bertz CT molecular complexity index is 4310. The molecule has 97 heavy (non-hydrogen) atoms. The molecule has 0 saturated carbocycles. The van der Waals surface area contributed by atoms with E-state index in [0.717, 1.165) is 86.4 Å². The van der Waals surface area contributed by atoms with Gasteiger partial charge in [-0.15, -0.1) is 11.3 Å². The summed E-state index contributed by atoms with van der Waals surface area (Å²) in [4.78, 5) is 90.6. The SMILES string of the molecule is O=C(c1c(F)cccc1-c1ncccn1)N1C2CCC1C(Cc1ncc(C(F)(F)F)cn1)C2.O=C(c1cccc(F)c1-c1ncccn1)N1C2CCC1C(Cc1nc(C(F)(F)F)cs1)C2.O=C(c1ccccc1-c1ncccn1)N1C2CCC1C(Cc1ncc(C(F)(F)F)cn1)C2. The van der Waals surface area contributed by atoms with Gasteiger partial charge in [0.05, 0.1) is 38.4 Å². The van der Waals surface area contributed by atoms with Crippen LogP contribution in [0.15, 0.2) is 146 Å². The highest BCUT2D eigenvalue weighted by Crippen LogP contribution is 2.48. The van der Waals surface area contributed by atoms with E-state index in [-0.39, 0.29) is 94.2 Å². The Labute approximate surface area is 550 Å². The van der Waals surface area contributed by atoms with E-state index >= 15 is 0 Å². The zero-order valence-corrected chi connectivity index (χ0v) is 51.9. The lowest BCUT2D eigenvalue weighted by molar-refractivity contribution is -0.141. The first-order chi connectivity index (χ1) is 46.6. The van der Waals surface area contributed by atoms with Crippen molar-refractivity contribution in [2.45, 2.75) is 132 Å². The van der Waals surface area contributed by atoms with Crippen LogP contribution in [0.4, 0.5) is 48.3 Å². The Morgan fingerprint density at radius 2 is 0.845 bits per heavy atom. The molecule has 3 amide bonds. The fourth-order valence-electron chi connectivity index (χ4n) is 14.8. The molecule has 0 spiro atoms. The van der Waals surface area contributed by atoms with Gasteiger partial charge in [-0.1, -0.05) is 36.4 Å². The number of carbonyl (C=O) groups is 3. The van der Waals surface area contributed by atoms with Crippen molar-refractivity contribution in [3.63, 3.8) is 0 Å². The van der Waals surface area contributed by atoms with Gasteiger partial charge in [0.25, 0.3) is 17.7 Å². The predicted octanol–water partition coefficient (Wildman–Crippen LogP) is 13.5. The van der Waals surface area contributed by atoms with Crippen molar-refractivity contribution in [2.24, 2.45) is 17.8 Å². The molecule has 12 heterocycles. The molecule has 500 valence electrons. The molecule has 6 fully saturated rings. The number of nitrogens with zero attached hydrogens (tertiary/aromatic N) is 14. The van der Waals surface area contributed by atoms with Crippen LogP contribution in [-0.2, 0) is 37.8 Å². The molecule has 0 radical (unpaired) electrons. The Kier molecular flexibility index (Phi) is 18.4. The standard InChI is InChI=1S/C23H19F4N5O.C23H20F3N5O.C22H18F4N4OS/c24-17-4-1-3-16(21-28-7-2-8-29-21)20(17)22(33)32-15-5-6-18(32)13(9-15)10-19-30-11-14(12-31-19)23(25,26)27;24-23(25,26)15-12-29-20(30-13-15)11-14-10-16-6-7-19(14)31(16)22(32)18-5-2-1-4-17(18)21-27-8-3-9-28-21;23-15-4-1-3-14(19(15)20-27-7-2-8-28-20)21(31)30-13-5-6-16(30)12(9-13)10-18-29-17(11-32-18)22(24,25)26/h1-4,7-8,11-13,15,18H,5-6,9-10H2;1-5,8-9,12-14,16,19H,6-7,10-11H2;1-4,7-8,11-13,16H,5-6,9-10H2. The maximum atomic E-state index is 14.9. The fourth-order valence-corrected chi connectivity index (χ4v) is 15.7. The summed E-state index contributed by atoms with van der Waals surface area (Å²) >= 11 is 0.998. The smallest absolute Gasteiger partial charge is 0.332 e. The van der Waals surface area contributed by atoms with Gasteiger partial charge >= 0.3 is 18.5 Å². The largest absolute Gasteiger partial charge is 0.434 e. The maximum absolute atomic E-state index is 14.9. The normalized spacial score (nSPS) is 22.3. The van der Waals surface area contributed by atoms with Gasteiger partial charge in [0.1, 0.15) is 23.3 Å². The zero-order valence-electron chi connectivity index (χ0n) is 51.1. The summed E-state index contributed by atoms with van der Waals surface area (Å²) in [6.45, 7) is 0. The van der Waals surface area contributed by atoms with Crippen molar-refractivity contribution in [1.29, 1.82) is 0 Å². The van der Waals surface area contributed by atoms with Crippen LogP contribution in [0.2, 0.25) is 0 Å². The molecule has 6 aromatic heterocycles. The minimum Gasteiger partial charge on any atom is -0.332 e. The van der Waals surface area contributed by atoms with Crippen LogP contribution in [0.3, 0.4) is 0 Å². The molecule has 6 saturated heterocycles. The first kappa shape index (κ1) is 66.0. The molecule has 17 nitrogen and oxygen atoms in total. The fraction of sp³-hybridized carbons (Fsp3) is 0.353. The Morgan fingerprint density at radius 3 is 1.33 bits per heavy atom. The summed E-state index contributed by atoms with van der Waals surface area (Å²) in [5.41, 5.74) is -0.855. The van der Waals surface area contributed by atoms with E-state index in [0.29, 0.717) is 71.3 Å². The van der Waals surface area contributed by atoms with Crippen molar-refractivity contribution < 1.29 is 62.7 Å². The van der Waals surface area contributed by atoms with E-state index in [9.17, 15) is 62.7 Å². The molecule has 6 bridgehead atoms. The van der Waals surface area contributed by atoms with Crippen LogP contribution in [-0.4, -0.2) is 123 Å². The zero-order chi connectivity index (χ0) is 67.9. The van der Waals surface area contributed by atoms with Crippen LogP contribution >= 0.6 is 11.3 Å². The summed E-state index contributed by atoms with van der Waals surface area (Å²) in [5, 5.41) is 1.45. The molecule has 29 heteroatoms. The summed E-state index contributed by atoms with van der Waals surface area (Å²) in [5.74, 6) is -0.270. The number of alkyl halides is 9. The third-order valence-electron chi connectivity index (χ3n) is 19.0. The van der Waals surface area contributed by atoms with E-state index in [2.05, 4.69) is 54.8 Å². The van der Waals surface area contributed by atoms with Crippen molar-refractivity contribution >= 4 is 29.1 Å². The van der Waals surface area contributed by atoms with Crippen molar-refractivity contribution in [3.8, 4) is 34.2 Å².